The molecule has 1 fully saturated rings. The minimum atomic E-state index is -0.889. The molecule has 2 rings (SSSR count). The second kappa shape index (κ2) is 4.07. The third kappa shape index (κ3) is 2.05. The number of anilines is 1. The quantitative estimate of drug-likeness (QED) is 0.516. The van der Waals surface area contributed by atoms with Gasteiger partial charge in [0.1, 0.15) is 11.5 Å². The molecule has 0 spiro atoms. The maximum atomic E-state index is 13.2. The first kappa shape index (κ1) is 11.4. The van der Waals surface area contributed by atoms with E-state index in [-0.39, 0.29) is 27.5 Å². The highest BCUT2D eigenvalue weighted by Crippen LogP contribution is 2.41. The maximum Gasteiger partial charge on any atom is 0.296 e. The van der Waals surface area contributed by atoms with E-state index in [0.717, 1.165) is 18.9 Å². The van der Waals surface area contributed by atoms with Gasteiger partial charge in [0, 0.05) is 6.04 Å². The Morgan fingerprint density at radius 1 is 1.44 bits per heavy atom. The molecule has 1 aromatic carbocycles. The molecule has 0 heterocycles. The Morgan fingerprint density at radius 3 is 2.56 bits per heavy atom. The molecule has 86 valence electrons. The van der Waals surface area contributed by atoms with E-state index in [0.29, 0.717) is 0 Å². The van der Waals surface area contributed by atoms with Gasteiger partial charge in [-0.3, -0.25) is 10.1 Å². The minimum absolute atomic E-state index is 0.0977. The molecule has 4 nitrogen and oxygen atoms in total. The summed E-state index contributed by atoms with van der Waals surface area (Å²) in [4.78, 5) is 10.1. The van der Waals surface area contributed by atoms with E-state index in [9.17, 15) is 14.5 Å². The SMILES string of the molecule is O=[N+]([O-])c1cc(F)c(Cl)c(Cl)c1NC1CC1. The highest BCUT2D eigenvalue weighted by atomic mass is 35.5. The number of nitro benzene ring substituents is 1. The monoisotopic (exact) mass is 264 g/mol. The lowest BCUT2D eigenvalue weighted by atomic mass is 10.2. The molecule has 1 saturated carbocycles. The van der Waals surface area contributed by atoms with Crippen LogP contribution >= 0.6 is 23.2 Å². The van der Waals surface area contributed by atoms with Gasteiger partial charge in [-0.25, -0.2) is 4.39 Å². The molecule has 16 heavy (non-hydrogen) atoms. The molecule has 0 aromatic heterocycles. The number of nitrogens with one attached hydrogen (secondary N) is 1. The number of rotatable bonds is 3. The van der Waals surface area contributed by atoms with Crippen molar-refractivity contribution in [3.63, 3.8) is 0 Å². The fourth-order valence-electron chi connectivity index (χ4n) is 1.30. The van der Waals surface area contributed by atoms with Crippen LogP contribution in [0.1, 0.15) is 12.8 Å². The molecule has 0 aliphatic heterocycles. The van der Waals surface area contributed by atoms with E-state index in [1.165, 1.54) is 0 Å². The Balaban J connectivity index is 2.51. The average molecular weight is 265 g/mol. The maximum absolute atomic E-state index is 13.2. The molecule has 0 atom stereocenters. The third-order valence-corrected chi connectivity index (χ3v) is 3.11. The molecular formula is C9H7Cl2FN2O2. The molecule has 0 saturated heterocycles. The smallest absolute Gasteiger partial charge is 0.296 e. The van der Waals surface area contributed by atoms with Crippen LogP contribution in [0.3, 0.4) is 0 Å². The van der Waals surface area contributed by atoms with Crippen LogP contribution in [0, 0.1) is 15.9 Å². The zero-order chi connectivity index (χ0) is 11.9. The van der Waals surface area contributed by atoms with E-state index in [2.05, 4.69) is 5.32 Å². The van der Waals surface area contributed by atoms with Crippen molar-refractivity contribution in [3.05, 3.63) is 32.0 Å². The number of benzene rings is 1. The molecule has 1 N–H and O–H groups in total. The van der Waals surface area contributed by atoms with E-state index >= 15 is 0 Å². The highest BCUT2D eigenvalue weighted by Gasteiger charge is 2.29. The Morgan fingerprint density at radius 2 is 2.06 bits per heavy atom. The Kier molecular flexibility index (Phi) is 2.90. The van der Waals surface area contributed by atoms with Gasteiger partial charge in [0.05, 0.1) is 21.0 Å². The summed E-state index contributed by atoms with van der Waals surface area (Å²) < 4.78 is 13.2. The van der Waals surface area contributed by atoms with Crippen molar-refractivity contribution in [3.8, 4) is 0 Å². The number of hydrogen-bond acceptors (Lipinski definition) is 3. The zero-order valence-corrected chi connectivity index (χ0v) is 9.48. The fraction of sp³-hybridized carbons (Fsp3) is 0.333. The van der Waals surface area contributed by atoms with Gasteiger partial charge in [-0.05, 0) is 12.8 Å². The average Bonchev–Trinajstić information content (AvgIpc) is 3.02. The van der Waals surface area contributed by atoms with Crippen LogP contribution in [-0.2, 0) is 0 Å². The lowest BCUT2D eigenvalue weighted by molar-refractivity contribution is -0.384. The molecular weight excluding hydrogens is 258 g/mol. The number of hydrogen-bond donors (Lipinski definition) is 1. The van der Waals surface area contributed by atoms with Crippen LogP contribution in [0.5, 0.6) is 0 Å². The van der Waals surface area contributed by atoms with Crippen molar-refractivity contribution in [2.45, 2.75) is 18.9 Å². The lowest BCUT2D eigenvalue weighted by Gasteiger charge is -2.09. The zero-order valence-electron chi connectivity index (χ0n) is 7.97. The summed E-state index contributed by atoms with van der Waals surface area (Å²) in [6.07, 6.45) is 1.84. The third-order valence-electron chi connectivity index (χ3n) is 2.26. The number of nitro groups is 1. The van der Waals surface area contributed by atoms with Gasteiger partial charge in [0.15, 0.2) is 0 Å². The van der Waals surface area contributed by atoms with Crippen molar-refractivity contribution in [1.82, 2.24) is 0 Å². The first-order valence-corrected chi connectivity index (χ1v) is 5.34. The number of halogens is 3. The lowest BCUT2D eigenvalue weighted by Crippen LogP contribution is -2.06. The van der Waals surface area contributed by atoms with Crippen molar-refractivity contribution in [1.29, 1.82) is 0 Å². The second-order valence-electron chi connectivity index (χ2n) is 3.56. The molecule has 1 aliphatic carbocycles. The van der Waals surface area contributed by atoms with Gasteiger partial charge >= 0.3 is 0 Å². The van der Waals surface area contributed by atoms with Gasteiger partial charge < -0.3 is 5.32 Å². The van der Waals surface area contributed by atoms with E-state index in [4.69, 9.17) is 23.2 Å². The predicted octanol–water partition coefficient (Wildman–Crippen LogP) is 3.62. The van der Waals surface area contributed by atoms with Gasteiger partial charge in [0.25, 0.3) is 5.69 Å². The summed E-state index contributed by atoms with van der Waals surface area (Å²) in [6, 6.07) is 0.941. The number of nitrogens with zero attached hydrogens (tertiary/aromatic N) is 1. The van der Waals surface area contributed by atoms with E-state index < -0.39 is 10.7 Å². The Labute approximate surface area is 100 Å². The summed E-state index contributed by atoms with van der Waals surface area (Å²) in [7, 11) is 0. The fourth-order valence-corrected chi connectivity index (χ4v) is 1.69. The molecule has 0 radical (unpaired) electrons. The minimum Gasteiger partial charge on any atom is -0.375 e. The molecule has 0 bridgehead atoms. The first-order chi connectivity index (χ1) is 7.50. The van der Waals surface area contributed by atoms with Crippen LogP contribution in [0.25, 0.3) is 0 Å². The van der Waals surface area contributed by atoms with E-state index in [1.807, 2.05) is 0 Å². The molecule has 1 aromatic rings. The Hall–Kier alpha value is -1.07. The summed E-state index contributed by atoms with van der Waals surface area (Å²) in [5, 5.41) is 13.2. The predicted molar refractivity (Wildman–Crippen MR) is 59.7 cm³/mol. The van der Waals surface area contributed by atoms with Crippen molar-refractivity contribution in [2.24, 2.45) is 0 Å². The highest BCUT2D eigenvalue weighted by molar-refractivity contribution is 6.44. The largest absolute Gasteiger partial charge is 0.375 e. The first-order valence-electron chi connectivity index (χ1n) is 4.59. The normalized spacial score (nSPS) is 14.9. The molecule has 1 aliphatic rings. The van der Waals surface area contributed by atoms with Crippen molar-refractivity contribution in [2.75, 3.05) is 5.32 Å². The summed E-state index contributed by atoms with van der Waals surface area (Å²) in [6.45, 7) is 0. The summed E-state index contributed by atoms with van der Waals surface area (Å²) in [5.41, 5.74) is -0.292. The molecule has 0 unspecified atom stereocenters. The van der Waals surface area contributed by atoms with Crippen LogP contribution in [0.2, 0.25) is 10.0 Å². The van der Waals surface area contributed by atoms with Crippen LogP contribution in [-0.4, -0.2) is 11.0 Å². The van der Waals surface area contributed by atoms with Crippen molar-refractivity contribution < 1.29 is 9.31 Å². The van der Waals surface area contributed by atoms with Gasteiger partial charge in [-0.2, -0.15) is 0 Å². The summed E-state index contributed by atoms with van der Waals surface area (Å²) >= 11 is 11.4. The van der Waals surface area contributed by atoms with Gasteiger partial charge in [-0.1, -0.05) is 23.2 Å². The van der Waals surface area contributed by atoms with Crippen LogP contribution < -0.4 is 5.32 Å². The van der Waals surface area contributed by atoms with Gasteiger partial charge in [0.2, 0.25) is 0 Å². The van der Waals surface area contributed by atoms with E-state index in [1.54, 1.807) is 0 Å². The van der Waals surface area contributed by atoms with Gasteiger partial charge in [-0.15, -0.1) is 0 Å². The van der Waals surface area contributed by atoms with Crippen LogP contribution in [0.4, 0.5) is 15.8 Å². The molecule has 0 amide bonds. The second-order valence-corrected chi connectivity index (χ2v) is 4.31. The van der Waals surface area contributed by atoms with Crippen LogP contribution in [0.15, 0.2) is 6.07 Å². The topological polar surface area (TPSA) is 55.2 Å². The van der Waals surface area contributed by atoms with Crippen molar-refractivity contribution >= 4 is 34.6 Å². The molecule has 7 heteroatoms. The standard InChI is InChI=1S/C9H7Cl2FN2O2/c10-7-5(12)3-6(14(15)16)9(8(7)11)13-4-1-2-4/h3-4,13H,1-2H2. The summed E-state index contributed by atoms with van der Waals surface area (Å²) in [5.74, 6) is -0.889. The Bertz CT molecular complexity index is 463.